The molecule has 0 atom stereocenters. The third kappa shape index (κ3) is 6.25. The lowest BCUT2D eigenvalue weighted by Crippen LogP contribution is -2.29. The van der Waals surface area contributed by atoms with E-state index in [2.05, 4.69) is 29.5 Å². The lowest BCUT2D eigenvalue weighted by molar-refractivity contribution is -0.121. The second kappa shape index (κ2) is 8.81. The molecule has 2 N–H and O–H groups in total. The van der Waals surface area contributed by atoms with Crippen LogP contribution in [0.5, 0.6) is 5.75 Å². The van der Waals surface area contributed by atoms with Gasteiger partial charge in [-0.2, -0.15) is 0 Å². The normalized spacial score (nSPS) is 10.7. The molecule has 1 aromatic carbocycles. The van der Waals surface area contributed by atoms with Gasteiger partial charge in [0.05, 0.1) is 12.8 Å². The molecule has 2 rings (SSSR count). The van der Waals surface area contributed by atoms with E-state index in [4.69, 9.17) is 9.84 Å². The van der Waals surface area contributed by atoms with Gasteiger partial charge >= 0.3 is 5.97 Å². The molecule has 0 aliphatic carbocycles. The van der Waals surface area contributed by atoms with Crippen molar-refractivity contribution in [1.29, 1.82) is 0 Å². The molecule has 1 aromatic heterocycles. The molecule has 0 fully saturated rings. The highest BCUT2D eigenvalue weighted by Gasteiger charge is 2.10. The van der Waals surface area contributed by atoms with Crippen molar-refractivity contribution < 1.29 is 19.4 Å². The molecule has 1 heterocycles. The summed E-state index contributed by atoms with van der Waals surface area (Å²) >= 11 is 0. The number of nitrogens with zero attached hydrogens (tertiary/aromatic N) is 3. The van der Waals surface area contributed by atoms with Crippen LogP contribution in [0.3, 0.4) is 0 Å². The summed E-state index contributed by atoms with van der Waals surface area (Å²) in [4.78, 5) is 22.5. The first kappa shape index (κ1) is 18.4. The Balaban J connectivity index is 1.72. The number of aromatic carboxylic acids is 1. The number of hydrogen-bond donors (Lipinski definition) is 2. The number of carbonyl (C=O) groups excluding carboxylic acids is 1. The summed E-state index contributed by atoms with van der Waals surface area (Å²) in [6.45, 7) is 5.28. The molecular weight excluding hydrogens is 324 g/mol. The van der Waals surface area contributed by atoms with Crippen molar-refractivity contribution >= 4 is 11.9 Å². The average Bonchev–Trinajstić information content (AvgIpc) is 3.03. The van der Waals surface area contributed by atoms with Gasteiger partial charge in [-0.25, -0.2) is 9.48 Å². The molecule has 0 radical (unpaired) electrons. The highest BCUT2D eigenvalue weighted by molar-refractivity contribution is 5.84. The van der Waals surface area contributed by atoms with Crippen LogP contribution in [-0.2, 0) is 17.8 Å². The lowest BCUT2D eigenvalue weighted by atomic mass is 10.1. The lowest BCUT2D eigenvalue weighted by Gasteiger charge is -2.09. The van der Waals surface area contributed by atoms with E-state index in [1.54, 1.807) is 0 Å². The number of carbonyl (C=O) groups is 2. The maximum atomic E-state index is 11.8. The number of hydrogen-bond acceptors (Lipinski definition) is 5. The first-order valence-corrected chi connectivity index (χ1v) is 8.06. The van der Waals surface area contributed by atoms with Crippen molar-refractivity contribution in [3.63, 3.8) is 0 Å². The Kier molecular flexibility index (Phi) is 6.50. The van der Waals surface area contributed by atoms with Gasteiger partial charge in [-0.1, -0.05) is 31.2 Å². The number of benzene rings is 1. The second-order valence-electron chi connectivity index (χ2n) is 6.06. The second-order valence-corrected chi connectivity index (χ2v) is 6.06. The standard InChI is InChI=1S/C17H22N4O4/c1-12(2)11-25-14-5-3-13(4-6-14)7-8-18-16(22)10-21-9-15(17(23)24)19-20-21/h3-6,9,12H,7-8,10-11H2,1-2H3,(H,18,22)(H,23,24). The van der Waals surface area contributed by atoms with E-state index in [1.165, 1.54) is 10.9 Å². The molecule has 0 bridgehead atoms. The van der Waals surface area contributed by atoms with E-state index >= 15 is 0 Å². The van der Waals surface area contributed by atoms with Crippen LogP contribution in [0.25, 0.3) is 0 Å². The summed E-state index contributed by atoms with van der Waals surface area (Å²) in [6, 6.07) is 7.78. The fraction of sp³-hybridized carbons (Fsp3) is 0.412. The Morgan fingerprint density at radius 1 is 1.28 bits per heavy atom. The minimum atomic E-state index is -1.17. The molecule has 1 amide bonds. The van der Waals surface area contributed by atoms with Gasteiger partial charge in [-0.05, 0) is 30.0 Å². The minimum Gasteiger partial charge on any atom is -0.493 e. The van der Waals surface area contributed by atoms with Crippen LogP contribution in [-0.4, -0.2) is 45.1 Å². The molecule has 0 saturated heterocycles. The molecule has 134 valence electrons. The third-order valence-electron chi connectivity index (χ3n) is 3.31. The maximum Gasteiger partial charge on any atom is 0.358 e. The fourth-order valence-electron chi connectivity index (χ4n) is 2.04. The predicted molar refractivity (Wildman–Crippen MR) is 90.5 cm³/mol. The summed E-state index contributed by atoms with van der Waals surface area (Å²) in [7, 11) is 0. The highest BCUT2D eigenvalue weighted by Crippen LogP contribution is 2.13. The molecule has 2 aromatic rings. The first-order valence-electron chi connectivity index (χ1n) is 8.06. The molecule has 25 heavy (non-hydrogen) atoms. The molecule has 8 heteroatoms. The van der Waals surface area contributed by atoms with Crippen LogP contribution in [0.4, 0.5) is 0 Å². The maximum absolute atomic E-state index is 11.8. The van der Waals surface area contributed by atoms with Crippen molar-refractivity contribution in [1.82, 2.24) is 20.3 Å². The first-order chi connectivity index (χ1) is 11.9. The third-order valence-corrected chi connectivity index (χ3v) is 3.31. The SMILES string of the molecule is CC(C)COc1ccc(CCNC(=O)Cn2cc(C(=O)O)nn2)cc1. The van der Waals surface area contributed by atoms with Gasteiger partial charge in [0, 0.05) is 6.54 Å². The van der Waals surface area contributed by atoms with E-state index in [-0.39, 0.29) is 18.1 Å². The van der Waals surface area contributed by atoms with Crippen LogP contribution in [0.15, 0.2) is 30.5 Å². The Hall–Kier alpha value is -2.90. The van der Waals surface area contributed by atoms with Crippen molar-refractivity contribution in [3.8, 4) is 5.75 Å². The fourth-order valence-corrected chi connectivity index (χ4v) is 2.04. The van der Waals surface area contributed by atoms with Gasteiger partial charge in [0.2, 0.25) is 5.91 Å². The molecule has 8 nitrogen and oxygen atoms in total. The molecule has 0 aliphatic heterocycles. The van der Waals surface area contributed by atoms with Crippen molar-refractivity contribution in [2.75, 3.05) is 13.2 Å². The van der Waals surface area contributed by atoms with E-state index in [0.29, 0.717) is 25.5 Å². The van der Waals surface area contributed by atoms with Crippen LogP contribution in [0, 0.1) is 5.92 Å². The Morgan fingerprint density at radius 3 is 2.60 bits per heavy atom. The van der Waals surface area contributed by atoms with E-state index < -0.39 is 5.97 Å². The quantitative estimate of drug-likeness (QED) is 0.710. The van der Waals surface area contributed by atoms with E-state index in [9.17, 15) is 9.59 Å². The smallest absolute Gasteiger partial charge is 0.358 e. The number of ether oxygens (including phenoxy) is 1. The van der Waals surface area contributed by atoms with E-state index in [0.717, 1.165) is 11.3 Å². The largest absolute Gasteiger partial charge is 0.493 e. The molecular formula is C17H22N4O4. The zero-order valence-electron chi connectivity index (χ0n) is 14.3. The van der Waals surface area contributed by atoms with Crippen molar-refractivity contribution in [2.45, 2.75) is 26.8 Å². The summed E-state index contributed by atoms with van der Waals surface area (Å²) in [5.41, 5.74) is 0.902. The van der Waals surface area contributed by atoms with E-state index in [1.807, 2.05) is 24.3 Å². The van der Waals surface area contributed by atoms with Gasteiger partial charge in [-0.3, -0.25) is 4.79 Å². The molecule has 0 aliphatic rings. The van der Waals surface area contributed by atoms with Gasteiger partial charge in [0.15, 0.2) is 5.69 Å². The molecule has 0 unspecified atom stereocenters. The number of rotatable bonds is 9. The summed E-state index contributed by atoms with van der Waals surface area (Å²) in [5, 5.41) is 18.6. The Bertz CT molecular complexity index is 710. The van der Waals surface area contributed by atoms with Gasteiger partial charge < -0.3 is 15.2 Å². The highest BCUT2D eigenvalue weighted by atomic mass is 16.5. The number of carboxylic acid groups (broad SMARTS) is 1. The zero-order valence-corrected chi connectivity index (χ0v) is 14.3. The van der Waals surface area contributed by atoms with Gasteiger partial charge in [0.25, 0.3) is 0 Å². The Labute approximate surface area is 145 Å². The average molecular weight is 346 g/mol. The molecule has 0 saturated carbocycles. The minimum absolute atomic E-state index is 0.0672. The number of carboxylic acids is 1. The van der Waals surface area contributed by atoms with Crippen LogP contribution in [0.1, 0.15) is 29.9 Å². The van der Waals surface area contributed by atoms with Crippen molar-refractivity contribution in [3.05, 3.63) is 41.7 Å². The summed E-state index contributed by atoms with van der Waals surface area (Å²) < 4.78 is 6.82. The summed E-state index contributed by atoms with van der Waals surface area (Å²) in [6.07, 6.45) is 1.91. The topological polar surface area (TPSA) is 106 Å². The van der Waals surface area contributed by atoms with Crippen LogP contribution in [0.2, 0.25) is 0 Å². The van der Waals surface area contributed by atoms with Crippen molar-refractivity contribution in [2.24, 2.45) is 5.92 Å². The van der Waals surface area contributed by atoms with Crippen LogP contribution >= 0.6 is 0 Å². The monoisotopic (exact) mass is 346 g/mol. The summed E-state index contributed by atoms with van der Waals surface area (Å²) in [5.74, 6) is -0.112. The Morgan fingerprint density at radius 2 is 2.00 bits per heavy atom. The number of nitrogens with one attached hydrogen (secondary N) is 1. The number of amides is 1. The zero-order chi connectivity index (χ0) is 18.2. The number of aromatic nitrogens is 3. The molecule has 0 spiro atoms. The predicted octanol–water partition coefficient (Wildman–Crippen LogP) is 1.37. The van der Waals surface area contributed by atoms with Gasteiger partial charge in [0.1, 0.15) is 12.3 Å². The van der Waals surface area contributed by atoms with Crippen LogP contribution < -0.4 is 10.1 Å². The van der Waals surface area contributed by atoms with Gasteiger partial charge in [-0.15, -0.1) is 5.10 Å².